The van der Waals surface area contributed by atoms with Crippen LogP contribution in [0.3, 0.4) is 0 Å². The average molecular weight is 329 g/mol. The lowest BCUT2D eigenvalue weighted by Gasteiger charge is -2.31. The van der Waals surface area contributed by atoms with Crippen molar-refractivity contribution in [2.45, 2.75) is 25.7 Å². The van der Waals surface area contributed by atoms with Gasteiger partial charge in [-0.25, -0.2) is 4.39 Å². The third-order valence-corrected chi connectivity index (χ3v) is 4.69. The molecule has 6 heteroatoms. The summed E-state index contributed by atoms with van der Waals surface area (Å²) in [5.74, 6) is -0.931. The number of allylic oxidation sites excluding steroid dienone is 1. The Labute approximate surface area is 139 Å². The number of benzene rings is 1. The van der Waals surface area contributed by atoms with Gasteiger partial charge in [-0.05, 0) is 42.5 Å². The smallest absolute Gasteiger partial charge is 0.265 e. The highest BCUT2D eigenvalue weighted by atomic mass is 19.1. The molecule has 1 atom stereocenters. The van der Waals surface area contributed by atoms with E-state index in [1.807, 2.05) is 0 Å². The first-order valence-corrected chi connectivity index (χ1v) is 8.00. The van der Waals surface area contributed by atoms with Gasteiger partial charge in [0.15, 0.2) is 0 Å². The first-order valence-electron chi connectivity index (χ1n) is 8.00. The predicted molar refractivity (Wildman–Crippen MR) is 88.7 cm³/mol. The molecular weight excluding hydrogens is 309 g/mol. The highest BCUT2D eigenvalue weighted by Gasteiger charge is 2.51. The Kier molecular flexibility index (Phi) is 4.22. The summed E-state index contributed by atoms with van der Waals surface area (Å²) >= 11 is 0. The van der Waals surface area contributed by atoms with Crippen LogP contribution in [-0.4, -0.2) is 24.6 Å². The predicted octanol–water partition coefficient (Wildman–Crippen LogP) is 1.72. The van der Waals surface area contributed by atoms with Gasteiger partial charge in [-0.3, -0.25) is 14.6 Å². The van der Waals surface area contributed by atoms with Gasteiger partial charge < -0.3 is 11.1 Å². The molecule has 0 bridgehead atoms. The summed E-state index contributed by atoms with van der Waals surface area (Å²) < 4.78 is 13.4. The fourth-order valence-corrected chi connectivity index (χ4v) is 3.31. The lowest BCUT2D eigenvalue weighted by molar-refractivity contribution is -0.126. The average Bonchev–Trinajstić information content (AvgIpc) is 3.38. The van der Waals surface area contributed by atoms with Gasteiger partial charge in [0.1, 0.15) is 11.5 Å². The minimum atomic E-state index is -0.869. The highest BCUT2D eigenvalue weighted by Crippen LogP contribution is 2.51. The first kappa shape index (κ1) is 16.4. The molecule has 1 unspecified atom stereocenters. The molecule has 24 heavy (non-hydrogen) atoms. The highest BCUT2D eigenvalue weighted by molar-refractivity contribution is 6.39. The van der Waals surface area contributed by atoms with Crippen molar-refractivity contribution in [2.24, 2.45) is 22.1 Å². The Bertz CT molecular complexity index is 752. The molecule has 0 saturated heterocycles. The normalized spacial score (nSPS) is 23.2. The Balaban J connectivity index is 1.99. The van der Waals surface area contributed by atoms with Crippen molar-refractivity contribution in [1.82, 2.24) is 5.32 Å². The van der Waals surface area contributed by atoms with Crippen LogP contribution in [0, 0.1) is 17.2 Å². The molecule has 0 spiro atoms. The molecular formula is C18H20FN3O2. The van der Waals surface area contributed by atoms with E-state index in [2.05, 4.69) is 10.3 Å². The van der Waals surface area contributed by atoms with Crippen molar-refractivity contribution in [3.8, 4) is 0 Å². The Morgan fingerprint density at radius 3 is 2.75 bits per heavy atom. The number of aliphatic imine (C=N–C) groups is 1. The van der Waals surface area contributed by atoms with Crippen LogP contribution < -0.4 is 11.1 Å². The quantitative estimate of drug-likeness (QED) is 0.862. The molecule has 2 amide bonds. The molecule has 1 heterocycles. The molecule has 1 aliphatic heterocycles. The number of halogens is 1. The van der Waals surface area contributed by atoms with Crippen LogP contribution in [0.15, 0.2) is 41.0 Å². The van der Waals surface area contributed by atoms with E-state index in [0.717, 1.165) is 18.4 Å². The van der Waals surface area contributed by atoms with Crippen molar-refractivity contribution in [3.63, 3.8) is 0 Å². The SMILES string of the molecule is CNC(=O)C1=NC(Cc2cccc(F)c2)=CC(C(N)=O)(C2CC2)C1. The maximum absolute atomic E-state index is 13.4. The van der Waals surface area contributed by atoms with Crippen molar-refractivity contribution < 1.29 is 14.0 Å². The van der Waals surface area contributed by atoms with Crippen molar-refractivity contribution in [3.05, 3.63) is 47.4 Å². The second-order valence-corrected chi connectivity index (χ2v) is 6.44. The molecule has 5 nitrogen and oxygen atoms in total. The van der Waals surface area contributed by atoms with Crippen molar-refractivity contribution in [2.75, 3.05) is 7.05 Å². The van der Waals surface area contributed by atoms with Crippen LogP contribution in [-0.2, 0) is 16.0 Å². The largest absolute Gasteiger partial charge is 0.369 e. The molecule has 2 aliphatic rings. The lowest BCUT2D eigenvalue weighted by Crippen LogP contribution is -2.44. The third kappa shape index (κ3) is 3.09. The minimum absolute atomic E-state index is 0.146. The number of nitrogens with zero attached hydrogens (tertiary/aromatic N) is 1. The Hall–Kier alpha value is -2.50. The number of primary amides is 1. The number of nitrogens with one attached hydrogen (secondary N) is 1. The van der Waals surface area contributed by atoms with Crippen LogP contribution >= 0.6 is 0 Å². The fourth-order valence-electron chi connectivity index (χ4n) is 3.31. The molecule has 0 radical (unpaired) electrons. The molecule has 1 fully saturated rings. The summed E-state index contributed by atoms with van der Waals surface area (Å²) in [5, 5.41) is 2.56. The van der Waals surface area contributed by atoms with E-state index in [9.17, 15) is 14.0 Å². The monoisotopic (exact) mass is 329 g/mol. The van der Waals surface area contributed by atoms with Gasteiger partial charge in [0, 0.05) is 25.6 Å². The number of carbonyl (C=O) groups is 2. The maximum Gasteiger partial charge on any atom is 0.265 e. The van der Waals surface area contributed by atoms with E-state index in [-0.39, 0.29) is 24.1 Å². The van der Waals surface area contributed by atoms with Gasteiger partial charge in [-0.15, -0.1) is 0 Å². The molecule has 1 aliphatic carbocycles. The van der Waals surface area contributed by atoms with Gasteiger partial charge in [0.25, 0.3) is 5.91 Å². The number of hydrogen-bond donors (Lipinski definition) is 2. The standard InChI is InChI=1S/C18H20FN3O2/c1-21-16(23)15-10-18(17(20)24,12-5-6-12)9-14(22-15)8-11-3-2-4-13(19)7-11/h2-4,7,9,12H,5-6,8,10H2,1H3,(H2,20,24)(H,21,23). The number of hydrogen-bond acceptors (Lipinski definition) is 3. The lowest BCUT2D eigenvalue weighted by atomic mass is 9.74. The third-order valence-electron chi connectivity index (χ3n) is 4.69. The zero-order valence-electron chi connectivity index (χ0n) is 13.5. The van der Waals surface area contributed by atoms with Gasteiger partial charge >= 0.3 is 0 Å². The van der Waals surface area contributed by atoms with Gasteiger partial charge in [-0.1, -0.05) is 12.1 Å². The fraction of sp³-hybridized carbons (Fsp3) is 0.389. The second-order valence-electron chi connectivity index (χ2n) is 6.44. The van der Waals surface area contributed by atoms with Crippen LogP contribution in [0.4, 0.5) is 4.39 Å². The topological polar surface area (TPSA) is 84.6 Å². The summed E-state index contributed by atoms with van der Waals surface area (Å²) in [5.41, 5.74) is 6.44. The number of carbonyl (C=O) groups excluding carboxylic acids is 2. The zero-order valence-corrected chi connectivity index (χ0v) is 13.5. The molecule has 0 aromatic heterocycles. The van der Waals surface area contributed by atoms with E-state index in [1.165, 1.54) is 19.2 Å². The van der Waals surface area contributed by atoms with Crippen LogP contribution in [0.25, 0.3) is 0 Å². The van der Waals surface area contributed by atoms with E-state index in [0.29, 0.717) is 17.8 Å². The zero-order chi connectivity index (χ0) is 17.3. The van der Waals surface area contributed by atoms with Crippen LogP contribution in [0.2, 0.25) is 0 Å². The summed E-state index contributed by atoms with van der Waals surface area (Å²) in [4.78, 5) is 28.7. The van der Waals surface area contributed by atoms with E-state index >= 15 is 0 Å². The number of nitrogens with two attached hydrogens (primary N) is 1. The van der Waals surface area contributed by atoms with Gasteiger partial charge in [0.05, 0.1) is 5.41 Å². The van der Waals surface area contributed by atoms with E-state index in [1.54, 1.807) is 18.2 Å². The molecule has 3 N–H and O–H groups in total. The first-order chi connectivity index (χ1) is 11.4. The summed E-state index contributed by atoms with van der Waals surface area (Å²) in [7, 11) is 1.53. The number of rotatable bonds is 5. The summed E-state index contributed by atoms with van der Waals surface area (Å²) in [6, 6.07) is 6.21. The van der Waals surface area contributed by atoms with Crippen LogP contribution in [0.5, 0.6) is 0 Å². The molecule has 1 saturated carbocycles. The van der Waals surface area contributed by atoms with Gasteiger partial charge in [0.2, 0.25) is 5.91 Å². The molecule has 1 aromatic rings. The summed E-state index contributed by atoms with van der Waals surface area (Å²) in [6.45, 7) is 0. The van der Waals surface area contributed by atoms with Crippen molar-refractivity contribution in [1.29, 1.82) is 0 Å². The minimum Gasteiger partial charge on any atom is -0.369 e. The second kappa shape index (κ2) is 6.19. The Morgan fingerprint density at radius 1 is 1.42 bits per heavy atom. The maximum atomic E-state index is 13.4. The molecule has 3 rings (SSSR count). The van der Waals surface area contributed by atoms with E-state index in [4.69, 9.17) is 5.73 Å². The van der Waals surface area contributed by atoms with Crippen LogP contribution in [0.1, 0.15) is 24.8 Å². The Morgan fingerprint density at radius 2 is 2.17 bits per heavy atom. The molecule has 126 valence electrons. The summed E-state index contributed by atoms with van der Waals surface area (Å²) in [6.07, 6.45) is 4.19. The number of amides is 2. The molecule has 1 aromatic carbocycles. The van der Waals surface area contributed by atoms with Gasteiger partial charge in [-0.2, -0.15) is 0 Å². The van der Waals surface area contributed by atoms with Crippen molar-refractivity contribution >= 4 is 17.5 Å². The van der Waals surface area contributed by atoms with E-state index < -0.39 is 11.3 Å².